The third kappa shape index (κ3) is 3.57. The number of ether oxygens (including phenoxy) is 1. The van der Waals surface area contributed by atoms with E-state index in [0.29, 0.717) is 6.61 Å². The van der Waals surface area contributed by atoms with Crippen LogP contribution >= 0.6 is 0 Å². The van der Waals surface area contributed by atoms with Crippen LogP contribution in [-0.2, 0) is 18.3 Å². The summed E-state index contributed by atoms with van der Waals surface area (Å²) in [6, 6.07) is 9.39. The van der Waals surface area contributed by atoms with E-state index < -0.39 is 0 Å². The van der Waals surface area contributed by atoms with Crippen LogP contribution in [0.4, 0.5) is 10.5 Å². The smallest absolute Gasteiger partial charge is 0.319 e. The van der Waals surface area contributed by atoms with E-state index >= 15 is 0 Å². The van der Waals surface area contributed by atoms with Gasteiger partial charge in [-0.15, -0.1) is 0 Å². The topological polar surface area (TPSA) is 73.1 Å². The number of nitrogens with one attached hydrogen (secondary N) is 2. The molecule has 7 heteroatoms. The van der Waals surface area contributed by atoms with Crippen LogP contribution in [0.3, 0.4) is 0 Å². The van der Waals surface area contributed by atoms with Crippen LogP contribution in [0, 0.1) is 6.92 Å². The van der Waals surface area contributed by atoms with Crippen molar-refractivity contribution in [2.24, 2.45) is 7.05 Å². The van der Waals surface area contributed by atoms with Gasteiger partial charge in [0.05, 0.1) is 18.3 Å². The van der Waals surface area contributed by atoms with Crippen molar-refractivity contribution in [3.05, 3.63) is 47.9 Å². The SMILES string of the molecule is CCn1c(C)cc2cc(NC(=O)NC(COC)c3ccnn3C)ccc21. The average molecular weight is 355 g/mol. The molecule has 0 saturated heterocycles. The van der Waals surface area contributed by atoms with Crippen LogP contribution in [-0.4, -0.2) is 34.1 Å². The first-order valence-corrected chi connectivity index (χ1v) is 8.67. The molecule has 2 aromatic heterocycles. The molecule has 2 amide bonds. The van der Waals surface area contributed by atoms with E-state index in [4.69, 9.17) is 4.74 Å². The number of carbonyl (C=O) groups is 1. The number of hydrogen-bond acceptors (Lipinski definition) is 3. The zero-order chi connectivity index (χ0) is 18.7. The summed E-state index contributed by atoms with van der Waals surface area (Å²) < 4.78 is 9.21. The molecule has 0 aliphatic rings. The van der Waals surface area contributed by atoms with E-state index in [1.807, 2.05) is 31.3 Å². The molecule has 0 saturated carbocycles. The number of fused-ring (bicyclic) bond motifs is 1. The summed E-state index contributed by atoms with van der Waals surface area (Å²) in [6.07, 6.45) is 1.70. The summed E-state index contributed by atoms with van der Waals surface area (Å²) in [6.45, 7) is 5.50. The van der Waals surface area contributed by atoms with E-state index in [0.717, 1.165) is 23.3 Å². The lowest BCUT2D eigenvalue weighted by atomic mass is 10.2. The monoisotopic (exact) mass is 355 g/mol. The highest BCUT2D eigenvalue weighted by Crippen LogP contribution is 2.23. The molecule has 1 aromatic carbocycles. The number of amides is 2. The molecule has 0 aliphatic carbocycles. The standard InChI is InChI=1S/C19H25N5O2/c1-5-24-13(2)10-14-11-15(6-7-17(14)24)21-19(25)22-16(12-26-4)18-8-9-20-23(18)3/h6-11,16H,5,12H2,1-4H3,(H2,21,22,25). The first-order valence-electron chi connectivity index (χ1n) is 8.67. The number of hydrogen-bond donors (Lipinski definition) is 2. The highest BCUT2D eigenvalue weighted by Gasteiger charge is 2.18. The number of carbonyl (C=O) groups excluding carboxylic acids is 1. The van der Waals surface area contributed by atoms with Gasteiger partial charge < -0.3 is 19.9 Å². The summed E-state index contributed by atoms with van der Waals surface area (Å²) in [5.74, 6) is 0. The van der Waals surface area contributed by atoms with E-state index in [2.05, 4.69) is 40.2 Å². The Hall–Kier alpha value is -2.80. The second kappa shape index (κ2) is 7.61. The second-order valence-electron chi connectivity index (χ2n) is 6.29. The Labute approximate surface area is 152 Å². The molecule has 3 rings (SSSR count). The first-order chi connectivity index (χ1) is 12.5. The summed E-state index contributed by atoms with van der Waals surface area (Å²) in [5.41, 5.74) is 4.01. The van der Waals surface area contributed by atoms with Crippen molar-refractivity contribution < 1.29 is 9.53 Å². The molecule has 0 aliphatic heterocycles. The normalized spacial score (nSPS) is 12.3. The highest BCUT2D eigenvalue weighted by molar-refractivity contribution is 5.93. The van der Waals surface area contributed by atoms with Gasteiger partial charge in [-0.05, 0) is 44.2 Å². The highest BCUT2D eigenvalue weighted by atomic mass is 16.5. The van der Waals surface area contributed by atoms with Gasteiger partial charge in [0.2, 0.25) is 0 Å². The van der Waals surface area contributed by atoms with Gasteiger partial charge in [-0.1, -0.05) is 0 Å². The molecule has 1 unspecified atom stereocenters. The molecular formula is C19H25N5O2. The maximum absolute atomic E-state index is 12.5. The van der Waals surface area contributed by atoms with E-state index in [9.17, 15) is 4.79 Å². The Morgan fingerprint density at radius 2 is 2.12 bits per heavy atom. The van der Waals surface area contributed by atoms with Crippen molar-refractivity contribution in [3.63, 3.8) is 0 Å². The van der Waals surface area contributed by atoms with Gasteiger partial charge >= 0.3 is 6.03 Å². The molecule has 2 N–H and O–H groups in total. The van der Waals surface area contributed by atoms with Crippen molar-refractivity contribution >= 4 is 22.6 Å². The third-order valence-electron chi connectivity index (χ3n) is 4.54. The number of methoxy groups -OCH3 is 1. The Balaban J connectivity index is 1.74. The Kier molecular flexibility index (Phi) is 5.27. The summed E-state index contributed by atoms with van der Waals surface area (Å²) in [7, 11) is 3.45. The van der Waals surface area contributed by atoms with Gasteiger partial charge in [0, 0.05) is 49.2 Å². The molecule has 0 spiro atoms. The molecule has 0 bridgehead atoms. The fourth-order valence-corrected chi connectivity index (χ4v) is 3.33. The number of rotatable bonds is 6. The van der Waals surface area contributed by atoms with Crippen LogP contribution < -0.4 is 10.6 Å². The molecule has 0 fully saturated rings. The number of urea groups is 1. The number of aryl methyl sites for hydroxylation is 3. The summed E-state index contributed by atoms with van der Waals surface area (Å²) in [4.78, 5) is 12.5. The first kappa shape index (κ1) is 18.0. The maximum atomic E-state index is 12.5. The molecular weight excluding hydrogens is 330 g/mol. The maximum Gasteiger partial charge on any atom is 0.319 e. The van der Waals surface area contributed by atoms with Crippen LogP contribution in [0.15, 0.2) is 36.5 Å². The van der Waals surface area contributed by atoms with Crippen LogP contribution in [0.5, 0.6) is 0 Å². The predicted molar refractivity (Wildman–Crippen MR) is 102 cm³/mol. The van der Waals surface area contributed by atoms with Gasteiger partial charge in [-0.25, -0.2) is 4.79 Å². The van der Waals surface area contributed by atoms with Gasteiger partial charge in [0.25, 0.3) is 0 Å². The summed E-state index contributed by atoms with van der Waals surface area (Å²) in [5, 5.41) is 11.1. The Bertz CT molecular complexity index is 912. The van der Waals surface area contributed by atoms with Gasteiger partial charge in [-0.2, -0.15) is 5.10 Å². The quantitative estimate of drug-likeness (QED) is 0.713. The number of nitrogens with zero attached hydrogens (tertiary/aromatic N) is 3. The van der Waals surface area contributed by atoms with Gasteiger partial charge in [-0.3, -0.25) is 4.68 Å². The predicted octanol–water partition coefficient (Wildman–Crippen LogP) is 3.21. The molecule has 2 heterocycles. The average Bonchev–Trinajstić information content (AvgIpc) is 3.16. The Morgan fingerprint density at radius 1 is 1.31 bits per heavy atom. The van der Waals surface area contributed by atoms with Crippen LogP contribution in [0.2, 0.25) is 0 Å². The van der Waals surface area contributed by atoms with Crippen LogP contribution in [0.25, 0.3) is 10.9 Å². The minimum absolute atomic E-state index is 0.278. The molecule has 26 heavy (non-hydrogen) atoms. The van der Waals surface area contributed by atoms with Crippen molar-refractivity contribution in [1.29, 1.82) is 0 Å². The summed E-state index contributed by atoms with van der Waals surface area (Å²) >= 11 is 0. The fourth-order valence-electron chi connectivity index (χ4n) is 3.33. The zero-order valence-electron chi connectivity index (χ0n) is 15.6. The molecule has 138 valence electrons. The second-order valence-corrected chi connectivity index (χ2v) is 6.29. The lowest BCUT2D eigenvalue weighted by Gasteiger charge is -2.18. The lowest BCUT2D eigenvalue weighted by molar-refractivity contribution is 0.165. The minimum atomic E-state index is -0.278. The molecule has 0 radical (unpaired) electrons. The largest absolute Gasteiger partial charge is 0.382 e. The van der Waals surface area contributed by atoms with Gasteiger partial charge in [0.15, 0.2) is 0 Å². The zero-order valence-corrected chi connectivity index (χ0v) is 15.6. The number of anilines is 1. The number of benzene rings is 1. The minimum Gasteiger partial charge on any atom is -0.382 e. The van der Waals surface area contributed by atoms with Crippen molar-refractivity contribution in [1.82, 2.24) is 19.7 Å². The van der Waals surface area contributed by atoms with Crippen molar-refractivity contribution in [3.8, 4) is 0 Å². The molecule has 3 aromatic rings. The Morgan fingerprint density at radius 3 is 2.77 bits per heavy atom. The lowest BCUT2D eigenvalue weighted by Crippen LogP contribution is -2.35. The van der Waals surface area contributed by atoms with Crippen LogP contribution in [0.1, 0.15) is 24.4 Å². The van der Waals surface area contributed by atoms with Gasteiger partial charge in [0.1, 0.15) is 0 Å². The molecule has 1 atom stereocenters. The van der Waals surface area contributed by atoms with E-state index in [1.165, 1.54) is 11.2 Å². The van der Waals surface area contributed by atoms with Crippen molar-refractivity contribution in [2.75, 3.05) is 19.0 Å². The fraction of sp³-hybridized carbons (Fsp3) is 0.368. The third-order valence-corrected chi connectivity index (χ3v) is 4.54. The van der Waals surface area contributed by atoms with E-state index in [1.54, 1.807) is 18.0 Å². The van der Waals surface area contributed by atoms with Crippen molar-refractivity contribution in [2.45, 2.75) is 26.4 Å². The molecule has 7 nitrogen and oxygen atoms in total. The van der Waals surface area contributed by atoms with E-state index in [-0.39, 0.29) is 12.1 Å². The number of aromatic nitrogens is 3.